The van der Waals surface area contributed by atoms with Gasteiger partial charge < -0.3 is 14.7 Å². The van der Waals surface area contributed by atoms with Gasteiger partial charge in [-0.2, -0.15) is 0 Å². The summed E-state index contributed by atoms with van der Waals surface area (Å²) in [6.45, 7) is 6.03. The minimum Gasteiger partial charge on any atom is -0.463 e. The molecule has 3 aromatic rings. The zero-order valence-electron chi connectivity index (χ0n) is 19.5. The topological polar surface area (TPSA) is 49.8 Å². The third-order valence-electron chi connectivity index (χ3n) is 6.51. The third kappa shape index (κ3) is 4.80. The van der Waals surface area contributed by atoms with Crippen LogP contribution in [0.5, 0.6) is 0 Å². The normalized spacial score (nSPS) is 15.2. The van der Waals surface area contributed by atoms with Crippen molar-refractivity contribution in [2.24, 2.45) is 5.41 Å². The number of nitrogens with zero attached hydrogens (tertiary/aromatic N) is 1. The van der Waals surface area contributed by atoms with Crippen molar-refractivity contribution in [1.29, 1.82) is 0 Å². The molecule has 1 aliphatic rings. The van der Waals surface area contributed by atoms with Gasteiger partial charge in [0.15, 0.2) is 0 Å². The third-order valence-corrected chi connectivity index (χ3v) is 7.64. The van der Waals surface area contributed by atoms with Crippen molar-refractivity contribution in [2.75, 3.05) is 18.1 Å². The number of carbonyl (C=O) groups is 1. The second kappa shape index (κ2) is 10.0. The largest absolute Gasteiger partial charge is 0.463 e. The molecular weight excluding hydrogens is 430 g/mol. The van der Waals surface area contributed by atoms with Crippen molar-refractivity contribution < 1.29 is 14.6 Å². The average molecular weight is 462 g/mol. The molecule has 0 amide bonds. The molecule has 0 fully saturated rings. The first-order valence-corrected chi connectivity index (χ1v) is 12.3. The molecule has 0 spiro atoms. The van der Waals surface area contributed by atoms with Crippen LogP contribution in [0.2, 0.25) is 0 Å². The molecule has 0 saturated heterocycles. The predicted molar refractivity (Wildman–Crippen MR) is 135 cm³/mol. The molecule has 2 atom stereocenters. The molecule has 0 saturated carbocycles. The molecule has 5 heteroatoms. The van der Waals surface area contributed by atoms with Gasteiger partial charge in [-0.1, -0.05) is 62.0 Å². The number of fused-ring (bicyclic) bond motifs is 2. The number of esters is 1. The maximum Gasteiger partial charge on any atom is 0.311 e. The first kappa shape index (κ1) is 23.4. The van der Waals surface area contributed by atoms with Crippen LogP contribution in [0.1, 0.15) is 45.1 Å². The number of carbonyl (C=O) groups excluding carboxylic acids is 1. The van der Waals surface area contributed by atoms with Crippen LogP contribution in [0.4, 0.5) is 17.1 Å². The van der Waals surface area contributed by atoms with Gasteiger partial charge in [0.2, 0.25) is 0 Å². The molecular formula is C28H31NO3S. The number of aliphatic hydroxyl groups excluding tert-OH is 1. The zero-order chi connectivity index (χ0) is 23.4. The summed E-state index contributed by atoms with van der Waals surface area (Å²) < 4.78 is 5.25. The SMILES string of the molecule is CCC(C)(CC(C)c1ccc(N2c3ccccc3Sc3ccccc32)cc1)C(=O)OCCO. The van der Waals surface area contributed by atoms with Crippen molar-refractivity contribution in [3.63, 3.8) is 0 Å². The number of ether oxygens (including phenoxy) is 1. The highest BCUT2D eigenvalue weighted by atomic mass is 32.2. The van der Waals surface area contributed by atoms with E-state index in [0.717, 1.165) is 5.69 Å². The fourth-order valence-electron chi connectivity index (χ4n) is 4.41. The summed E-state index contributed by atoms with van der Waals surface area (Å²) in [4.78, 5) is 17.4. The van der Waals surface area contributed by atoms with Crippen molar-refractivity contribution in [3.05, 3.63) is 78.4 Å². The van der Waals surface area contributed by atoms with E-state index in [9.17, 15) is 4.79 Å². The summed E-state index contributed by atoms with van der Waals surface area (Å²) in [6.07, 6.45) is 1.39. The number of hydrogen-bond donors (Lipinski definition) is 1. The Bertz CT molecular complexity index is 1070. The summed E-state index contributed by atoms with van der Waals surface area (Å²) in [5.74, 6) is -0.0382. The Kier molecular flexibility index (Phi) is 7.11. The molecule has 4 rings (SSSR count). The lowest BCUT2D eigenvalue weighted by atomic mass is 9.77. The lowest BCUT2D eigenvalue weighted by molar-refractivity contribution is -0.156. The Morgan fingerprint density at radius 1 is 1.00 bits per heavy atom. The molecule has 2 unspecified atom stereocenters. The highest BCUT2D eigenvalue weighted by Gasteiger charge is 2.35. The number of anilines is 3. The van der Waals surface area contributed by atoms with E-state index < -0.39 is 5.41 Å². The van der Waals surface area contributed by atoms with Gasteiger partial charge in [0.05, 0.1) is 23.4 Å². The van der Waals surface area contributed by atoms with Gasteiger partial charge in [0.1, 0.15) is 6.61 Å². The Hall–Kier alpha value is -2.76. The van der Waals surface area contributed by atoms with Crippen molar-refractivity contribution >= 4 is 34.8 Å². The number of rotatable bonds is 8. The van der Waals surface area contributed by atoms with E-state index in [1.165, 1.54) is 26.7 Å². The molecule has 172 valence electrons. The smallest absolute Gasteiger partial charge is 0.311 e. The second-order valence-electron chi connectivity index (χ2n) is 8.84. The number of para-hydroxylation sites is 2. The molecule has 33 heavy (non-hydrogen) atoms. The summed E-state index contributed by atoms with van der Waals surface area (Å²) in [5, 5.41) is 8.99. The van der Waals surface area contributed by atoms with E-state index in [1.54, 1.807) is 11.8 Å². The monoisotopic (exact) mass is 461 g/mol. The van der Waals surface area contributed by atoms with E-state index in [1.807, 2.05) is 13.8 Å². The molecule has 0 bridgehead atoms. The highest BCUT2D eigenvalue weighted by Crippen LogP contribution is 2.51. The van der Waals surface area contributed by atoms with E-state index in [2.05, 4.69) is 84.6 Å². The quantitative estimate of drug-likeness (QED) is 0.285. The summed E-state index contributed by atoms with van der Waals surface area (Å²) in [5.41, 5.74) is 4.11. The number of aliphatic hydroxyl groups is 1. The maximum atomic E-state index is 12.6. The van der Waals surface area contributed by atoms with Crippen LogP contribution in [0.15, 0.2) is 82.6 Å². The first-order valence-electron chi connectivity index (χ1n) is 11.5. The van der Waals surface area contributed by atoms with Crippen molar-refractivity contribution in [3.8, 4) is 0 Å². The maximum absolute atomic E-state index is 12.6. The minimum atomic E-state index is -0.574. The van der Waals surface area contributed by atoms with Gasteiger partial charge in [-0.3, -0.25) is 4.79 Å². The molecule has 0 radical (unpaired) electrons. The minimum absolute atomic E-state index is 0.0502. The molecule has 0 aliphatic carbocycles. The van der Waals surface area contributed by atoms with E-state index in [-0.39, 0.29) is 25.1 Å². The Balaban J connectivity index is 1.59. The van der Waals surface area contributed by atoms with Gasteiger partial charge in [-0.05, 0) is 67.6 Å². The lowest BCUT2D eigenvalue weighted by Crippen LogP contribution is -2.31. The van der Waals surface area contributed by atoms with Crippen LogP contribution in [0.25, 0.3) is 0 Å². The molecule has 1 aliphatic heterocycles. The molecule has 3 aromatic carbocycles. The number of hydrogen-bond acceptors (Lipinski definition) is 5. The molecule has 1 heterocycles. The predicted octanol–water partition coefficient (Wildman–Crippen LogP) is 7.07. The average Bonchev–Trinajstić information content (AvgIpc) is 2.85. The van der Waals surface area contributed by atoms with Gasteiger partial charge in [-0.15, -0.1) is 0 Å². The van der Waals surface area contributed by atoms with Gasteiger partial charge in [0, 0.05) is 15.5 Å². The Morgan fingerprint density at radius 2 is 1.58 bits per heavy atom. The standard InChI is InChI=1S/C28H31NO3S/c1-4-28(3,27(31)32-18-17-30)19-20(2)21-13-15-22(16-14-21)29-23-9-5-7-11-25(23)33-26-12-8-6-10-24(26)29/h5-16,20,30H,4,17-19H2,1-3H3. The number of benzene rings is 3. The summed E-state index contributed by atoms with van der Waals surface area (Å²) in [6, 6.07) is 25.7. The van der Waals surface area contributed by atoms with Crippen LogP contribution >= 0.6 is 11.8 Å². The Morgan fingerprint density at radius 3 is 2.12 bits per heavy atom. The van der Waals surface area contributed by atoms with Crippen molar-refractivity contribution in [1.82, 2.24) is 0 Å². The van der Waals surface area contributed by atoms with E-state index in [4.69, 9.17) is 9.84 Å². The fraction of sp³-hybridized carbons (Fsp3) is 0.321. The van der Waals surface area contributed by atoms with Crippen LogP contribution in [0, 0.1) is 5.41 Å². The molecule has 0 aromatic heterocycles. The van der Waals surface area contributed by atoms with Crippen molar-refractivity contribution in [2.45, 2.75) is 49.3 Å². The summed E-state index contributed by atoms with van der Waals surface area (Å²) in [7, 11) is 0. The molecule has 4 nitrogen and oxygen atoms in total. The van der Waals surface area contributed by atoms with Crippen LogP contribution < -0.4 is 4.90 Å². The van der Waals surface area contributed by atoms with Crippen LogP contribution in [-0.2, 0) is 9.53 Å². The van der Waals surface area contributed by atoms with Gasteiger partial charge >= 0.3 is 5.97 Å². The lowest BCUT2D eigenvalue weighted by Gasteiger charge is -2.33. The fourth-order valence-corrected chi connectivity index (χ4v) is 5.47. The molecule has 1 N–H and O–H groups in total. The van der Waals surface area contributed by atoms with Crippen LogP contribution in [0.3, 0.4) is 0 Å². The second-order valence-corrected chi connectivity index (χ2v) is 9.93. The van der Waals surface area contributed by atoms with E-state index in [0.29, 0.717) is 12.8 Å². The van der Waals surface area contributed by atoms with E-state index >= 15 is 0 Å². The zero-order valence-corrected chi connectivity index (χ0v) is 20.3. The first-order chi connectivity index (χ1) is 16.0. The highest BCUT2D eigenvalue weighted by molar-refractivity contribution is 7.99. The summed E-state index contributed by atoms with van der Waals surface area (Å²) >= 11 is 1.80. The van der Waals surface area contributed by atoms with Crippen LogP contribution in [-0.4, -0.2) is 24.3 Å². The van der Waals surface area contributed by atoms with Gasteiger partial charge in [-0.25, -0.2) is 0 Å². The van der Waals surface area contributed by atoms with Gasteiger partial charge in [0.25, 0.3) is 0 Å². The Labute approximate surface area is 200 Å².